The number of ketones is 1. The van der Waals surface area contributed by atoms with E-state index in [0.29, 0.717) is 10.6 Å². The molecule has 148 valence electrons. The SMILES string of the molecule is CC(C)C(=O)Oc1ccc(Cl)cc1/C=N\C(Cc1ccc(O)cc1)C(=O)CO. The van der Waals surface area contributed by atoms with Gasteiger partial charge in [-0.25, -0.2) is 0 Å². The second-order valence-corrected chi connectivity index (χ2v) is 6.98. The summed E-state index contributed by atoms with van der Waals surface area (Å²) >= 11 is 6.03. The molecular formula is C21H22ClNO5. The molecule has 0 saturated carbocycles. The molecule has 7 heteroatoms. The van der Waals surface area contributed by atoms with Crippen LogP contribution in [-0.4, -0.2) is 40.8 Å². The molecule has 2 aromatic carbocycles. The van der Waals surface area contributed by atoms with Crippen molar-refractivity contribution in [2.24, 2.45) is 10.9 Å². The van der Waals surface area contributed by atoms with E-state index in [2.05, 4.69) is 4.99 Å². The molecule has 1 atom stereocenters. The number of hydrogen-bond donors (Lipinski definition) is 2. The highest BCUT2D eigenvalue weighted by atomic mass is 35.5. The van der Waals surface area contributed by atoms with Crippen LogP contribution in [0, 0.1) is 5.92 Å². The predicted octanol–water partition coefficient (Wildman–Crippen LogP) is 3.20. The van der Waals surface area contributed by atoms with Crippen molar-refractivity contribution in [3.05, 3.63) is 58.6 Å². The molecular weight excluding hydrogens is 382 g/mol. The maximum absolute atomic E-state index is 12.1. The molecule has 0 saturated heterocycles. The van der Waals surface area contributed by atoms with E-state index < -0.39 is 24.4 Å². The van der Waals surface area contributed by atoms with Gasteiger partial charge in [0.2, 0.25) is 0 Å². The van der Waals surface area contributed by atoms with E-state index in [1.54, 1.807) is 44.2 Å². The van der Waals surface area contributed by atoms with Crippen LogP contribution in [0.4, 0.5) is 0 Å². The number of aliphatic imine (C=N–C) groups is 1. The second-order valence-electron chi connectivity index (χ2n) is 6.55. The van der Waals surface area contributed by atoms with E-state index in [1.165, 1.54) is 18.3 Å². The van der Waals surface area contributed by atoms with Crippen molar-refractivity contribution in [1.82, 2.24) is 0 Å². The van der Waals surface area contributed by atoms with Crippen molar-refractivity contribution in [3.63, 3.8) is 0 Å². The number of nitrogens with zero attached hydrogens (tertiary/aromatic N) is 1. The third-order valence-electron chi connectivity index (χ3n) is 3.94. The third kappa shape index (κ3) is 6.18. The lowest BCUT2D eigenvalue weighted by Gasteiger charge is -2.12. The zero-order valence-electron chi connectivity index (χ0n) is 15.6. The zero-order valence-corrected chi connectivity index (χ0v) is 16.4. The number of hydrogen-bond acceptors (Lipinski definition) is 6. The van der Waals surface area contributed by atoms with Gasteiger partial charge in [0.1, 0.15) is 24.1 Å². The maximum atomic E-state index is 12.1. The molecule has 2 rings (SSSR count). The molecule has 0 bridgehead atoms. The van der Waals surface area contributed by atoms with Crippen LogP contribution in [0.15, 0.2) is 47.5 Å². The topological polar surface area (TPSA) is 96.2 Å². The van der Waals surface area contributed by atoms with E-state index in [9.17, 15) is 19.8 Å². The molecule has 2 N–H and O–H groups in total. The summed E-state index contributed by atoms with van der Waals surface area (Å²) in [6.07, 6.45) is 1.66. The van der Waals surface area contributed by atoms with Crippen LogP contribution < -0.4 is 4.74 Å². The highest BCUT2D eigenvalue weighted by molar-refractivity contribution is 6.31. The number of aromatic hydroxyl groups is 1. The lowest BCUT2D eigenvalue weighted by molar-refractivity contribution is -0.137. The molecule has 0 heterocycles. The minimum absolute atomic E-state index is 0.118. The van der Waals surface area contributed by atoms with Crippen LogP contribution in [0.3, 0.4) is 0 Å². The Morgan fingerprint density at radius 2 is 1.86 bits per heavy atom. The normalized spacial score (nSPS) is 12.3. The van der Waals surface area contributed by atoms with Gasteiger partial charge in [0, 0.05) is 23.2 Å². The van der Waals surface area contributed by atoms with Gasteiger partial charge in [0.05, 0.1) is 5.92 Å². The molecule has 0 spiro atoms. The number of halogens is 1. The number of benzene rings is 2. The number of rotatable bonds is 8. The second kappa shape index (κ2) is 10.0. The molecule has 0 aliphatic rings. The van der Waals surface area contributed by atoms with Gasteiger partial charge in [-0.1, -0.05) is 37.6 Å². The van der Waals surface area contributed by atoms with Gasteiger partial charge < -0.3 is 14.9 Å². The summed E-state index contributed by atoms with van der Waals surface area (Å²) in [5.41, 5.74) is 1.22. The fraction of sp³-hybridized carbons (Fsp3) is 0.286. The van der Waals surface area contributed by atoms with E-state index in [-0.39, 0.29) is 23.8 Å². The van der Waals surface area contributed by atoms with Crippen molar-refractivity contribution in [2.45, 2.75) is 26.3 Å². The predicted molar refractivity (Wildman–Crippen MR) is 107 cm³/mol. The Bertz CT molecular complexity index is 862. The highest BCUT2D eigenvalue weighted by Gasteiger charge is 2.18. The third-order valence-corrected chi connectivity index (χ3v) is 4.18. The quantitative estimate of drug-likeness (QED) is 0.401. The number of carbonyl (C=O) groups is 2. The van der Waals surface area contributed by atoms with Gasteiger partial charge in [-0.3, -0.25) is 14.6 Å². The van der Waals surface area contributed by atoms with Crippen LogP contribution in [-0.2, 0) is 16.0 Å². The molecule has 6 nitrogen and oxygen atoms in total. The number of ether oxygens (including phenoxy) is 1. The molecule has 0 radical (unpaired) electrons. The van der Waals surface area contributed by atoms with Gasteiger partial charge in [-0.05, 0) is 35.9 Å². The Kier molecular flexibility index (Phi) is 7.72. The van der Waals surface area contributed by atoms with Gasteiger partial charge in [0.25, 0.3) is 0 Å². The van der Waals surface area contributed by atoms with E-state index in [0.717, 1.165) is 5.56 Å². The number of phenols is 1. The van der Waals surface area contributed by atoms with Crippen molar-refractivity contribution in [1.29, 1.82) is 0 Å². The average Bonchev–Trinajstić information content (AvgIpc) is 2.67. The average molecular weight is 404 g/mol. The summed E-state index contributed by atoms with van der Waals surface area (Å²) in [6, 6.07) is 10.3. The van der Waals surface area contributed by atoms with E-state index in [1.807, 2.05) is 0 Å². The maximum Gasteiger partial charge on any atom is 0.313 e. The van der Waals surface area contributed by atoms with Crippen molar-refractivity contribution in [2.75, 3.05) is 6.61 Å². The van der Waals surface area contributed by atoms with Gasteiger partial charge in [0.15, 0.2) is 5.78 Å². The smallest absolute Gasteiger partial charge is 0.313 e. The van der Waals surface area contributed by atoms with E-state index in [4.69, 9.17) is 16.3 Å². The van der Waals surface area contributed by atoms with Crippen molar-refractivity contribution in [3.8, 4) is 11.5 Å². The summed E-state index contributed by atoms with van der Waals surface area (Å²) in [7, 11) is 0. The Labute approximate surface area is 168 Å². The first-order chi connectivity index (χ1) is 13.3. The fourth-order valence-corrected chi connectivity index (χ4v) is 2.50. The molecule has 0 amide bonds. The minimum atomic E-state index is -0.831. The molecule has 0 fully saturated rings. The lowest BCUT2D eigenvalue weighted by Crippen LogP contribution is -2.24. The Balaban J connectivity index is 2.28. The van der Waals surface area contributed by atoms with E-state index >= 15 is 0 Å². The Morgan fingerprint density at radius 3 is 2.46 bits per heavy atom. The largest absolute Gasteiger partial charge is 0.508 e. The van der Waals surface area contributed by atoms with Crippen LogP contribution in [0.25, 0.3) is 0 Å². The Hall–Kier alpha value is -2.70. The fourth-order valence-electron chi connectivity index (χ4n) is 2.32. The summed E-state index contributed by atoms with van der Waals surface area (Å²) in [5, 5.41) is 19.0. The van der Waals surface area contributed by atoms with Crippen LogP contribution >= 0.6 is 11.6 Å². The monoisotopic (exact) mass is 403 g/mol. The summed E-state index contributed by atoms with van der Waals surface area (Å²) in [6.45, 7) is 2.80. The highest BCUT2D eigenvalue weighted by Crippen LogP contribution is 2.23. The zero-order chi connectivity index (χ0) is 20.7. The molecule has 0 aliphatic heterocycles. The summed E-state index contributed by atoms with van der Waals surface area (Å²) < 4.78 is 5.36. The lowest BCUT2D eigenvalue weighted by atomic mass is 10.0. The van der Waals surface area contributed by atoms with Crippen LogP contribution in [0.2, 0.25) is 5.02 Å². The number of esters is 1. The van der Waals surface area contributed by atoms with Gasteiger partial charge >= 0.3 is 5.97 Å². The first-order valence-corrected chi connectivity index (χ1v) is 9.14. The minimum Gasteiger partial charge on any atom is -0.508 e. The first-order valence-electron chi connectivity index (χ1n) is 8.76. The van der Waals surface area contributed by atoms with Gasteiger partial charge in [-0.15, -0.1) is 0 Å². The summed E-state index contributed by atoms with van der Waals surface area (Å²) in [4.78, 5) is 28.3. The first kappa shape index (κ1) is 21.6. The Morgan fingerprint density at radius 1 is 1.18 bits per heavy atom. The standard InChI is InChI=1S/C21H22ClNO5/c1-13(2)21(27)28-20-8-5-16(22)10-15(20)11-23-18(19(26)12-24)9-14-3-6-17(25)7-4-14/h3-8,10-11,13,18,24-25H,9,12H2,1-2H3/b23-11-. The van der Waals surface area contributed by atoms with Crippen molar-refractivity contribution >= 4 is 29.6 Å². The summed E-state index contributed by atoms with van der Waals surface area (Å²) in [5.74, 6) is -0.755. The molecule has 28 heavy (non-hydrogen) atoms. The van der Waals surface area contributed by atoms with Crippen molar-refractivity contribution < 1.29 is 24.5 Å². The number of phenolic OH excluding ortho intramolecular Hbond substituents is 1. The molecule has 1 unspecified atom stereocenters. The van der Waals surface area contributed by atoms with Crippen LogP contribution in [0.1, 0.15) is 25.0 Å². The molecule has 2 aromatic rings. The van der Waals surface area contributed by atoms with Gasteiger partial charge in [-0.2, -0.15) is 0 Å². The number of aliphatic hydroxyl groups is 1. The number of carbonyl (C=O) groups excluding carboxylic acids is 2. The molecule has 0 aliphatic carbocycles. The number of Topliss-reactive ketones (excluding diaryl/α,β-unsaturated/α-hetero) is 1. The van der Waals surface area contributed by atoms with Crippen LogP contribution in [0.5, 0.6) is 11.5 Å². The molecule has 0 aromatic heterocycles. The number of aliphatic hydroxyl groups excluding tert-OH is 1.